The van der Waals surface area contributed by atoms with Crippen molar-refractivity contribution >= 4 is 29.7 Å². The number of halogens is 1. The number of rotatable bonds is 5. The van der Waals surface area contributed by atoms with Crippen molar-refractivity contribution in [3.63, 3.8) is 0 Å². The molecule has 142 valence electrons. The molecule has 0 aliphatic carbocycles. The summed E-state index contributed by atoms with van der Waals surface area (Å²) in [6.07, 6.45) is 0.881. The standard InChI is InChI=1S/C19H20N4O2S.ClH/c1-25-13-4-2-12(3-5-13)17-7-6-14(26-17)10-21-19(24)18-15-11-20-9-8-16(15)22-23-18;/h2-7,20H,8-11H2,1H3,(H,21,24)(H,22,23);1H. The molecule has 3 heterocycles. The third-order valence-electron chi connectivity index (χ3n) is 4.48. The van der Waals surface area contributed by atoms with E-state index in [4.69, 9.17) is 4.74 Å². The third-order valence-corrected chi connectivity index (χ3v) is 5.62. The van der Waals surface area contributed by atoms with E-state index in [0.717, 1.165) is 40.4 Å². The number of hydrogen-bond acceptors (Lipinski definition) is 5. The number of fused-ring (bicyclic) bond motifs is 1. The van der Waals surface area contributed by atoms with Gasteiger partial charge in [0.05, 0.1) is 13.7 Å². The number of amides is 1. The first-order chi connectivity index (χ1) is 12.7. The van der Waals surface area contributed by atoms with Gasteiger partial charge in [0.15, 0.2) is 5.69 Å². The lowest BCUT2D eigenvalue weighted by Gasteiger charge is -2.12. The van der Waals surface area contributed by atoms with Crippen LogP contribution in [0.4, 0.5) is 0 Å². The molecular weight excluding hydrogens is 384 g/mol. The SMILES string of the molecule is COc1ccc(-c2ccc(CNC(=O)c3n[nH]c4c3CNCC4)s2)cc1.Cl. The lowest BCUT2D eigenvalue weighted by Crippen LogP contribution is -2.28. The number of nitrogens with one attached hydrogen (secondary N) is 3. The van der Waals surface area contributed by atoms with E-state index >= 15 is 0 Å². The number of thiophene rings is 1. The molecule has 1 aromatic carbocycles. The van der Waals surface area contributed by atoms with Gasteiger partial charge in [0.25, 0.3) is 5.91 Å². The minimum atomic E-state index is -0.134. The Hall–Kier alpha value is -2.35. The van der Waals surface area contributed by atoms with Crippen LogP contribution in [0.5, 0.6) is 5.75 Å². The number of benzene rings is 1. The van der Waals surface area contributed by atoms with E-state index < -0.39 is 0 Å². The fourth-order valence-electron chi connectivity index (χ4n) is 3.05. The molecule has 4 rings (SSSR count). The first-order valence-corrected chi connectivity index (χ1v) is 9.34. The van der Waals surface area contributed by atoms with Gasteiger partial charge in [-0.3, -0.25) is 9.89 Å². The minimum absolute atomic E-state index is 0. The molecule has 0 saturated heterocycles. The fraction of sp³-hybridized carbons (Fsp3) is 0.263. The predicted molar refractivity (Wildman–Crippen MR) is 109 cm³/mol. The number of nitrogens with zero attached hydrogens (tertiary/aromatic N) is 1. The zero-order chi connectivity index (χ0) is 17.9. The number of ether oxygens (including phenoxy) is 1. The number of H-pyrrole nitrogens is 1. The highest BCUT2D eigenvalue weighted by molar-refractivity contribution is 7.15. The molecule has 0 unspecified atom stereocenters. The van der Waals surface area contributed by atoms with Crippen LogP contribution in [0.25, 0.3) is 10.4 Å². The molecule has 3 N–H and O–H groups in total. The Balaban J connectivity index is 0.00000210. The maximum absolute atomic E-state index is 12.5. The Morgan fingerprint density at radius 2 is 2.07 bits per heavy atom. The van der Waals surface area contributed by atoms with Crippen LogP contribution in [-0.4, -0.2) is 29.8 Å². The molecule has 3 aromatic rings. The zero-order valence-electron chi connectivity index (χ0n) is 14.9. The summed E-state index contributed by atoms with van der Waals surface area (Å²) in [7, 11) is 1.66. The highest BCUT2D eigenvalue weighted by Gasteiger charge is 2.21. The molecule has 1 amide bonds. The highest BCUT2D eigenvalue weighted by Crippen LogP contribution is 2.29. The quantitative estimate of drug-likeness (QED) is 0.610. The third kappa shape index (κ3) is 4.16. The second-order valence-corrected chi connectivity index (χ2v) is 7.30. The molecule has 2 aromatic heterocycles. The van der Waals surface area contributed by atoms with Crippen LogP contribution in [0.3, 0.4) is 0 Å². The molecule has 0 bridgehead atoms. The van der Waals surface area contributed by atoms with Crippen molar-refractivity contribution in [3.8, 4) is 16.2 Å². The molecule has 0 spiro atoms. The van der Waals surface area contributed by atoms with Crippen LogP contribution in [0.1, 0.15) is 26.6 Å². The van der Waals surface area contributed by atoms with E-state index in [1.165, 1.54) is 4.88 Å². The van der Waals surface area contributed by atoms with Crippen molar-refractivity contribution in [3.05, 3.63) is 58.2 Å². The molecule has 27 heavy (non-hydrogen) atoms. The van der Waals surface area contributed by atoms with Crippen LogP contribution in [0.2, 0.25) is 0 Å². The molecule has 6 nitrogen and oxygen atoms in total. The van der Waals surface area contributed by atoms with Crippen molar-refractivity contribution in [2.45, 2.75) is 19.5 Å². The van der Waals surface area contributed by atoms with E-state index in [0.29, 0.717) is 18.8 Å². The maximum Gasteiger partial charge on any atom is 0.272 e. The van der Waals surface area contributed by atoms with E-state index in [-0.39, 0.29) is 18.3 Å². The van der Waals surface area contributed by atoms with Crippen LogP contribution in [0, 0.1) is 0 Å². The van der Waals surface area contributed by atoms with Crippen LogP contribution in [-0.2, 0) is 19.5 Å². The first-order valence-electron chi connectivity index (χ1n) is 8.53. The van der Waals surface area contributed by atoms with Gasteiger partial charge in [-0.1, -0.05) is 0 Å². The molecule has 0 radical (unpaired) electrons. The van der Waals surface area contributed by atoms with Crippen molar-refractivity contribution in [1.82, 2.24) is 20.8 Å². The lowest BCUT2D eigenvalue weighted by molar-refractivity contribution is 0.0945. The van der Waals surface area contributed by atoms with Gasteiger partial charge in [-0.25, -0.2) is 0 Å². The first kappa shape index (κ1) is 19.4. The monoisotopic (exact) mass is 404 g/mol. The number of carbonyl (C=O) groups is 1. The average Bonchev–Trinajstić information content (AvgIpc) is 3.33. The Kier molecular flexibility index (Phi) is 6.15. The van der Waals surface area contributed by atoms with Crippen LogP contribution in [0.15, 0.2) is 36.4 Å². The number of aromatic amines is 1. The van der Waals surface area contributed by atoms with Crippen LogP contribution >= 0.6 is 23.7 Å². The normalized spacial score (nSPS) is 12.8. The van der Waals surface area contributed by atoms with E-state index in [1.54, 1.807) is 18.4 Å². The second-order valence-electron chi connectivity index (χ2n) is 6.13. The molecule has 1 aliphatic rings. The van der Waals surface area contributed by atoms with Gasteiger partial charge < -0.3 is 15.4 Å². The Bertz CT molecular complexity index is 920. The number of aromatic nitrogens is 2. The zero-order valence-corrected chi connectivity index (χ0v) is 16.5. The Morgan fingerprint density at radius 3 is 2.85 bits per heavy atom. The molecule has 1 aliphatic heterocycles. The smallest absolute Gasteiger partial charge is 0.272 e. The minimum Gasteiger partial charge on any atom is -0.497 e. The summed E-state index contributed by atoms with van der Waals surface area (Å²) in [5, 5.41) is 13.4. The van der Waals surface area contributed by atoms with E-state index in [9.17, 15) is 4.79 Å². The van der Waals surface area contributed by atoms with Gasteiger partial charge in [-0.05, 0) is 42.0 Å². The molecule has 0 atom stereocenters. The van der Waals surface area contributed by atoms with Gasteiger partial charge in [-0.2, -0.15) is 5.10 Å². The molecule has 8 heteroatoms. The number of methoxy groups -OCH3 is 1. The van der Waals surface area contributed by atoms with Crippen molar-refractivity contribution in [2.75, 3.05) is 13.7 Å². The Morgan fingerprint density at radius 1 is 1.26 bits per heavy atom. The summed E-state index contributed by atoms with van der Waals surface area (Å²) in [5.41, 5.74) is 3.69. The van der Waals surface area contributed by atoms with E-state index in [1.807, 2.05) is 30.3 Å². The topological polar surface area (TPSA) is 79.0 Å². The summed E-state index contributed by atoms with van der Waals surface area (Å²) in [6.45, 7) is 2.10. The highest BCUT2D eigenvalue weighted by atomic mass is 35.5. The molecular formula is C19H21ClN4O2S. The van der Waals surface area contributed by atoms with Gasteiger partial charge in [0, 0.05) is 40.5 Å². The van der Waals surface area contributed by atoms with Gasteiger partial charge in [0.2, 0.25) is 0 Å². The summed E-state index contributed by atoms with van der Waals surface area (Å²) < 4.78 is 5.19. The second kappa shape index (κ2) is 8.56. The number of carbonyl (C=O) groups excluding carboxylic acids is 1. The van der Waals surface area contributed by atoms with Gasteiger partial charge >= 0.3 is 0 Å². The lowest BCUT2D eigenvalue weighted by atomic mass is 10.1. The summed E-state index contributed by atoms with van der Waals surface area (Å²) in [5.74, 6) is 0.709. The molecule has 0 saturated carbocycles. The number of hydrogen-bond donors (Lipinski definition) is 3. The van der Waals surface area contributed by atoms with E-state index in [2.05, 4.69) is 26.9 Å². The largest absolute Gasteiger partial charge is 0.497 e. The van der Waals surface area contributed by atoms with Gasteiger partial charge in [0.1, 0.15) is 5.75 Å². The average molecular weight is 405 g/mol. The predicted octanol–water partition coefficient (Wildman–Crippen LogP) is 3.14. The summed E-state index contributed by atoms with van der Waals surface area (Å²) in [4.78, 5) is 14.7. The summed E-state index contributed by atoms with van der Waals surface area (Å²) >= 11 is 1.67. The fourth-order valence-corrected chi connectivity index (χ4v) is 4.00. The van der Waals surface area contributed by atoms with Crippen molar-refractivity contribution < 1.29 is 9.53 Å². The van der Waals surface area contributed by atoms with Gasteiger partial charge in [-0.15, -0.1) is 23.7 Å². The van der Waals surface area contributed by atoms with Crippen molar-refractivity contribution in [1.29, 1.82) is 0 Å². The maximum atomic E-state index is 12.5. The molecule has 0 fully saturated rings. The van der Waals surface area contributed by atoms with Crippen molar-refractivity contribution in [2.24, 2.45) is 0 Å². The van der Waals surface area contributed by atoms with Crippen LogP contribution < -0.4 is 15.4 Å². The summed E-state index contributed by atoms with van der Waals surface area (Å²) in [6, 6.07) is 12.1. The Labute approximate surface area is 167 Å².